The van der Waals surface area contributed by atoms with E-state index < -0.39 is 12.8 Å². The second-order valence-electron chi connectivity index (χ2n) is 25.5. The third-order valence-electron chi connectivity index (χ3n) is 18.6. The summed E-state index contributed by atoms with van der Waals surface area (Å²) in [6.45, 7) is 1.81. The third kappa shape index (κ3) is 20.9. The SMILES string of the molecule is COCCOc1ccc([S+]2CCCC2)c2ccccc12.COCCOc1ccc([S+]2CCCCC2)c2ccccc12.COCOc1ccc([S+]2CCCC2)c2ccccc12.COCOc1ccc([S+]2CCCCC2)c2ccccc12.FC(F)(F)COc1ccc([S+]2CCCC2)c2ccccc12. The van der Waals surface area contributed by atoms with Crippen LogP contribution in [-0.2, 0) is 73.4 Å². The summed E-state index contributed by atoms with van der Waals surface area (Å²) in [5.74, 6) is 17.3. The Morgan fingerprint density at radius 2 is 0.465 bits per heavy atom. The molecule has 10 aromatic carbocycles. The van der Waals surface area contributed by atoms with Crippen molar-refractivity contribution in [3.05, 3.63) is 182 Å². The molecule has 9 nitrogen and oxygen atoms in total. The minimum absolute atomic E-state index is 0.228. The molecular formula is C84H100F3O9S5+5. The molecule has 15 rings (SSSR count). The maximum atomic E-state index is 12.3. The van der Waals surface area contributed by atoms with Crippen molar-refractivity contribution in [1.29, 1.82) is 0 Å². The number of fused-ring (bicyclic) bond motifs is 5. The molecule has 0 bridgehead atoms. The largest absolute Gasteiger partial charge is 0.491 e. The predicted octanol–water partition coefficient (Wildman–Crippen LogP) is 19.8. The van der Waals surface area contributed by atoms with E-state index in [0.29, 0.717) is 89.3 Å². The molecule has 5 aliphatic rings. The number of rotatable bonds is 21. The van der Waals surface area contributed by atoms with Gasteiger partial charge in [-0.3, -0.25) is 0 Å². The number of ether oxygens (including phenoxy) is 9. The molecule has 101 heavy (non-hydrogen) atoms. The summed E-state index contributed by atoms with van der Waals surface area (Å²) >= 11 is 0. The smallest absolute Gasteiger partial charge is 0.422 e. The fourth-order valence-electron chi connectivity index (χ4n) is 13.7. The van der Waals surface area contributed by atoms with E-state index in [1.54, 1.807) is 34.5 Å². The van der Waals surface area contributed by atoms with Gasteiger partial charge in [0.2, 0.25) is 0 Å². The number of hydrogen-bond acceptors (Lipinski definition) is 9. The molecule has 5 heterocycles. The van der Waals surface area contributed by atoms with Crippen LogP contribution in [0.3, 0.4) is 0 Å². The minimum atomic E-state index is -4.31. The van der Waals surface area contributed by atoms with Gasteiger partial charge in [0.15, 0.2) is 44.7 Å². The lowest BCUT2D eigenvalue weighted by atomic mass is 10.1. The van der Waals surface area contributed by atoms with Crippen LogP contribution < -0.4 is 23.7 Å². The van der Waals surface area contributed by atoms with Crippen molar-refractivity contribution in [2.45, 2.75) is 108 Å². The summed E-state index contributed by atoms with van der Waals surface area (Å²) in [7, 11) is 8.64. The standard InChI is InChI=1S/C18H23O2S.2C17H21O2S.C16H16F3OS.C16H19O2S/c1-19-11-12-20-17-9-10-18(21-13-5-2-6-14-21)16-8-4-3-7-15(16)17;1-18-13-19-16-9-10-17(20-11-5-2-6-12-20)15-8-4-3-7-14(15)16;1-18-10-11-19-16-8-9-17(20-12-4-5-13-20)15-7-3-2-6-14(15)16;17-16(18,19)11-20-14-7-8-15(21-9-3-4-10-21)13-6-2-1-5-12(13)14;1-17-12-18-15-8-9-16(19-10-4-5-11-19)14-7-3-2-6-13(14)15/h3-4,7-10H,2,5-6,11-14H2,1H3;3-4,7-10H,2,5-6,11-13H2,1H3;2-3,6-9H,4-5,10-13H2,1H3;1-2,5-8H,3-4,9-11H2;2-3,6-9H,4-5,10-12H2,1H3/q5*+1. The minimum Gasteiger partial charge on any atom is -0.491 e. The first-order valence-electron chi connectivity index (χ1n) is 35.8. The monoisotopic (exact) mass is 1470 g/mol. The Bertz CT molecular complexity index is 4190. The molecule has 0 N–H and O–H groups in total. The summed E-state index contributed by atoms with van der Waals surface area (Å²) in [6.07, 6.45) is 12.0. The van der Waals surface area contributed by atoms with Crippen molar-refractivity contribution in [3.8, 4) is 28.7 Å². The molecule has 0 aromatic heterocycles. The molecule has 0 amide bonds. The highest BCUT2D eigenvalue weighted by Gasteiger charge is 2.34. The highest BCUT2D eigenvalue weighted by Crippen LogP contribution is 2.40. The van der Waals surface area contributed by atoms with Crippen LogP contribution in [-0.4, -0.2) is 139 Å². The molecule has 5 fully saturated rings. The summed E-state index contributed by atoms with van der Waals surface area (Å²) < 4.78 is 85.3. The van der Waals surface area contributed by atoms with E-state index in [1.165, 1.54) is 202 Å². The van der Waals surface area contributed by atoms with Crippen LogP contribution in [0.4, 0.5) is 13.2 Å². The number of halogens is 3. The van der Waals surface area contributed by atoms with Gasteiger partial charge in [0.05, 0.1) is 13.2 Å². The summed E-state index contributed by atoms with van der Waals surface area (Å²) in [5, 5.41) is 12.1. The quantitative estimate of drug-likeness (QED) is 0.0397. The van der Waals surface area contributed by atoms with Crippen LogP contribution in [0.1, 0.15) is 77.0 Å². The van der Waals surface area contributed by atoms with Crippen molar-refractivity contribution in [2.75, 3.05) is 133 Å². The van der Waals surface area contributed by atoms with Gasteiger partial charge in [-0.1, -0.05) is 91.0 Å². The fourth-order valence-corrected chi connectivity index (χ4v) is 26.2. The topological polar surface area (TPSA) is 83.1 Å². The van der Waals surface area contributed by atoms with Gasteiger partial charge in [0.25, 0.3) is 0 Å². The van der Waals surface area contributed by atoms with Gasteiger partial charge in [-0.15, -0.1) is 0 Å². The Hall–Kier alpha value is -6.12. The third-order valence-corrected chi connectivity index (χ3v) is 31.3. The molecule has 0 saturated carbocycles. The first-order valence-corrected chi connectivity index (χ1v) is 43.6. The maximum Gasteiger partial charge on any atom is 0.422 e. The Balaban J connectivity index is 0.000000127. The van der Waals surface area contributed by atoms with Gasteiger partial charge >= 0.3 is 6.18 Å². The molecule has 536 valence electrons. The summed E-state index contributed by atoms with van der Waals surface area (Å²) in [5.41, 5.74) is 0. The summed E-state index contributed by atoms with van der Waals surface area (Å²) in [6, 6.07) is 63.2. The van der Waals surface area contributed by atoms with Crippen LogP contribution >= 0.6 is 0 Å². The van der Waals surface area contributed by atoms with Crippen molar-refractivity contribution in [2.24, 2.45) is 0 Å². The molecule has 5 saturated heterocycles. The molecule has 0 unspecified atom stereocenters. The summed E-state index contributed by atoms with van der Waals surface area (Å²) in [4.78, 5) is 7.35. The lowest BCUT2D eigenvalue weighted by molar-refractivity contribution is -0.153. The normalized spacial score (nSPS) is 16.2. The Labute approximate surface area is 610 Å². The van der Waals surface area contributed by atoms with Gasteiger partial charge in [0, 0.05) is 137 Å². The highest BCUT2D eigenvalue weighted by molar-refractivity contribution is 7.98. The maximum absolute atomic E-state index is 12.3. The van der Waals surface area contributed by atoms with E-state index in [4.69, 9.17) is 42.6 Å². The number of alkyl halides is 3. The van der Waals surface area contributed by atoms with Crippen molar-refractivity contribution >= 4 is 108 Å². The van der Waals surface area contributed by atoms with E-state index in [1.807, 2.05) is 30.3 Å². The van der Waals surface area contributed by atoms with Gasteiger partial charge in [0.1, 0.15) is 99.5 Å². The van der Waals surface area contributed by atoms with Gasteiger partial charge in [-0.2, -0.15) is 13.2 Å². The van der Waals surface area contributed by atoms with Crippen molar-refractivity contribution < 1.29 is 55.8 Å². The first-order chi connectivity index (χ1) is 49.6. The van der Waals surface area contributed by atoms with E-state index in [2.05, 4.69) is 146 Å². The van der Waals surface area contributed by atoms with Crippen LogP contribution in [0.2, 0.25) is 0 Å². The molecule has 0 radical (unpaired) electrons. The van der Waals surface area contributed by atoms with Crippen LogP contribution in [0.5, 0.6) is 28.7 Å². The zero-order valence-corrected chi connectivity index (χ0v) is 63.3. The lowest BCUT2D eigenvalue weighted by Crippen LogP contribution is -2.19. The van der Waals surface area contributed by atoms with Crippen molar-refractivity contribution in [3.63, 3.8) is 0 Å². The molecule has 17 heteroatoms. The second kappa shape index (κ2) is 39.7. The molecular weight excluding hydrogens is 1370 g/mol. The average molecular weight is 1470 g/mol. The van der Waals surface area contributed by atoms with Crippen LogP contribution in [0.15, 0.2) is 206 Å². The Morgan fingerprint density at radius 3 is 0.693 bits per heavy atom. The molecule has 0 spiro atoms. The van der Waals surface area contributed by atoms with Crippen LogP contribution in [0, 0.1) is 0 Å². The molecule has 10 aromatic rings. The Morgan fingerprint density at radius 1 is 0.248 bits per heavy atom. The Kier molecular flexibility index (Phi) is 29.9. The number of hydrogen-bond donors (Lipinski definition) is 0. The lowest BCUT2D eigenvalue weighted by Gasteiger charge is -2.16. The average Bonchev–Trinajstić information content (AvgIpc) is 1.35. The van der Waals surface area contributed by atoms with E-state index in [-0.39, 0.29) is 10.9 Å². The highest BCUT2D eigenvalue weighted by atomic mass is 32.2. The van der Waals surface area contributed by atoms with Gasteiger partial charge < -0.3 is 42.6 Å². The van der Waals surface area contributed by atoms with Gasteiger partial charge in [-0.05, 0) is 168 Å². The van der Waals surface area contributed by atoms with E-state index in [0.717, 1.165) is 33.8 Å². The molecule has 5 aliphatic heterocycles. The number of benzene rings is 10. The first kappa shape index (κ1) is 76.0. The molecule has 0 atom stereocenters. The zero-order valence-electron chi connectivity index (χ0n) is 59.2. The fraction of sp³-hybridized carbons (Fsp3) is 0.405. The predicted molar refractivity (Wildman–Crippen MR) is 423 cm³/mol. The molecule has 0 aliphatic carbocycles. The van der Waals surface area contributed by atoms with Gasteiger partial charge in [-0.25, -0.2) is 0 Å². The number of methoxy groups -OCH3 is 4. The van der Waals surface area contributed by atoms with E-state index >= 15 is 0 Å². The zero-order chi connectivity index (χ0) is 70.0. The van der Waals surface area contributed by atoms with Crippen molar-refractivity contribution in [1.82, 2.24) is 0 Å². The second-order valence-corrected chi connectivity index (χ2v) is 36.7. The van der Waals surface area contributed by atoms with Crippen LogP contribution in [0.25, 0.3) is 53.9 Å². The van der Waals surface area contributed by atoms with E-state index in [9.17, 15) is 13.2 Å².